The van der Waals surface area contributed by atoms with Crippen LogP contribution in [0.1, 0.15) is 23.1 Å². The van der Waals surface area contributed by atoms with Crippen molar-refractivity contribution in [2.24, 2.45) is 4.99 Å². The molecule has 0 aromatic heterocycles. The van der Waals surface area contributed by atoms with Gasteiger partial charge in [-0.1, -0.05) is 54.6 Å². The second kappa shape index (κ2) is 12.0. The van der Waals surface area contributed by atoms with Crippen molar-refractivity contribution in [3.8, 4) is 0 Å². The average molecular weight is 423 g/mol. The number of aliphatic imine (C=N–C) groups is 1. The van der Waals surface area contributed by atoms with Crippen LogP contribution in [0.25, 0.3) is 0 Å². The van der Waals surface area contributed by atoms with Crippen LogP contribution in [0.15, 0.2) is 59.6 Å². The molecule has 0 aliphatic carbocycles. The fourth-order valence-corrected chi connectivity index (χ4v) is 3.48. The first kappa shape index (κ1) is 22.7. The van der Waals surface area contributed by atoms with Crippen LogP contribution in [-0.4, -0.2) is 67.0 Å². The highest BCUT2D eigenvalue weighted by molar-refractivity contribution is 6.07. The Hall–Kier alpha value is -3.03. The third-order valence-electron chi connectivity index (χ3n) is 5.21. The van der Waals surface area contributed by atoms with Gasteiger partial charge < -0.3 is 15.7 Å². The number of hydrogen-bond donors (Lipinski definition) is 3. The molecule has 3 rings (SSSR count). The minimum absolute atomic E-state index is 0.204. The van der Waals surface area contributed by atoms with Crippen LogP contribution in [-0.2, 0) is 17.6 Å². The van der Waals surface area contributed by atoms with Crippen LogP contribution in [0.2, 0.25) is 0 Å². The average Bonchev–Trinajstić information content (AvgIpc) is 3.28. The Morgan fingerprint density at radius 3 is 2.29 bits per heavy atom. The molecule has 0 spiro atoms. The number of rotatable bonds is 12. The molecule has 1 amide bonds. The second-order valence-corrected chi connectivity index (χ2v) is 7.54. The minimum atomic E-state index is -0.972. The first-order valence-corrected chi connectivity index (χ1v) is 10.7. The molecule has 1 aliphatic rings. The van der Waals surface area contributed by atoms with Gasteiger partial charge in [-0.05, 0) is 37.1 Å². The van der Waals surface area contributed by atoms with Gasteiger partial charge in [-0.25, -0.2) is 4.79 Å². The van der Waals surface area contributed by atoms with E-state index in [2.05, 4.69) is 27.8 Å². The first-order valence-electron chi connectivity index (χ1n) is 10.7. The number of amidine groups is 1. The zero-order valence-corrected chi connectivity index (χ0v) is 17.7. The van der Waals surface area contributed by atoms with Gasteiger partial charge >= 0.3 is 6.09 Å². The number of Topliss-reactive ketones (excluding diaryl/α,β-unsaturated/α-hetero) is 1. The Balaban J connectivity index is 1.27. The third-order valence-corrected chi connectivity index (χ3v) is 5.21. The molecule has 0 radical (unpaired) electrons. The van der Waals surface area contributed by atoms with Crippen molar-refractivity contribution in [1.82, 2.24) is 15.5 Å². The highest BCUT2D eigenvalue weighted by atomic mass is 16.4. The van der Waals surface area contributed by atoms with Gasteiger partial charge in [0, 0.05) is 18.5 Å². The number of amides is 1. The van der Waals surface area contributed by atoms with Crippen LogP contribution in [0, 0.1) is 0 Å². The molecular formula is C24H30N4O3. The minimum Gasteiger partial charge on any atom is -0.465 e. The predicted molar refractivity (Wildman–Crippen MR) is 122 cm³/mol. The van der Waals surface area contributed by atoms with E-state index in [9.17, 15) is 14.7 Å². The number of hydrogen-bond acceptors (Lipinski definition) is 5. The van der Waals surface area contributed by atoms with Crippen LogP contribution in [0.4, 0.5) is 4.79 Å². The number of carbonyl (C=O) groups is 2. The molecule has 0 saturated heterocycles. The first-order chi connectivity index (χ1) is 15.1. The van der Waals surface area contributed by atoms with Crippen molar-refractivity contribution >= 4 is 17.7 Å². The number of benzene rings is 2. The molecule has 0 saturated carbocycles. The van der Waals surface area contributed by atoms with Crippen molar-refractivity contribution < 1.29 is 14.7 Å². The smallest absolute Gasteiger partial charge is 0.413 e. The molecule has 1 aliphatic heterocycles. The maximum Gasteiger partial charge on any atom is 0.413 e. The van der Waals surface area contributed by atoms with E-state index in [0.29, 0.717) is 45.0 Å². The topological polar surface area (TPSA) is 94.0 Å². The molecule has 7 nitrogen and oxygen atoms in total. The van der Waals surface area contributed by atoms with Gasteiger partial charge in [-0.15, -0.1) is 0 Å². The quantitative estimate of drug-likeness (QED) is 0.457. The van der Waals surface area contributed by atoms with E-state index in [0.717, 1.165) is 30.5 Å². The Kier molecular flexibility index (Phi) is 8.75. The zero-order valence-electron chi connectivity index (χ0n) is 17.7. The van der Waals surface area contributed by atoms with Gasteiger partial charge in [0.1, 0.15) is 11.6 Å². The summed E-state index contributed by atoms with van der Waals surface area (Å²) in [7, 11) is 0. The summed E-state index contributed by atoms with van der Waals surface area (Å²) in [6, 6.07) is 18.1. The third kappa shape index (κ3) is 7.31. The van der Waals surface area contributed by atoms with Gasteiger partial charge in [0.15, 0.2) is 0 Å². The van der Waals surface area contributed by atoms with Crippen LogP contribution < -0.4 is 10.6 Å². The maximum absolute atomic E-state index is 12.0. The van der Waals surface area contributed by atoms with E-state index >= 15 is 0 Å². The van der Waals surface area contributed by atoms with Crippen molar-refractivity contribution in [1.29, 1.82) is 0 Å². The molecule has 0 bridgehead atoms. The number of nitrogens with one attached hydrogen (secondary N) is 2. The Labute approximate surface area is 183 Å². The van der Waals surface area contributed by atoms with E-state index in [-0.39, 0.29) is 5.78 Å². The maximum atomic E-state index is 12.0. The second-order valence-electron chi connectivity index (χ2n) is 7.54. The standard InChI is InChI=1S/C24H30N4O3/c29-22(12-15-25-13-10-19-4-2-1-3-5-19)18-26-14-11-20-6-8-21(9-7-20)23-27-16-17-28(23)24(30)31/h1-9,25-26H,10-18H2,(H,30,31). The molecule has 0 unspecified atom stereocenters. The van der Waals surface area contributed by atoms with Gasteiger partial charge in [-0.2, -0.15) is 0 Å². The van der Waals surface area contributed by atoms with Gasteiger partial charge in [0.05, 0.1) is 19.6 Å². The van der Waals surface area contributed by atoms with Gasteiger partial charge in [0.25, 0.3) is 0 Å². The lowest BCUT2D eigenvalue weighted by molar-refractivity contribution is -0.118. The van der Waals surface area contributed by atoms with E-state index in [1.54, 1.807) is 0 Å². The predicted octanol–water partition coefficient (Wildman–Crippen LogP) is 2.35. The molecule has 2 aromatic rings. The summed E-state index contributed by atoms with van der Waals surface area (Å²) in [5.74, 6) is 0.718. The number of carbonyl (C=O) groups excluding carboxylic acids is 1. The molecule has 1 heterocycles. The summed E-state index contributed by atoms with van der Waals surface area (Å²) >= 11 is 0. The molecule has 7 heteroatoms. The van der Waals surface area contributed by atoms with E-state index in [1.165, 1.54) is 10.5 Å². The number of carboxylic acid groups (broad SMARTS) is 1. The van der Waals surface area contributed by atoms with Crippen LogP contribution in [0.5, 0.6) is 0 Å². The lowest BCUT2D eigenvalue weighted by atomic mass is 10.1. The monoisotopic (exact) mass is 422 g/mol. The fourth-order valence-electron chi connectivity index (χ4n) is 3.48. The highest BCUT2D eigenvalue weighted by Crippen LogP contribution is 2.13. The molecule has 31 heavy (non-hydrogen) atoms. The lowest BCUT2D eigenvalue weighted by Gasteiger charge is -2.14. The Morgan fingerprint density at radius 1 is 0.903 bits per heavy atom. The molecular weight excluding hydrogens is 392 g/mol. The van der Waals surface area contributed by atoms with E-state index < -0.39 is 6.09 Å². The van der Waals surface area contributed by atoms with Crippen molar-refractivity contribution in [3.63, 3.8) is 0 Å². The summed E-state index contributed by atoms with van der Waals surface area (Å²) in [6.45, 7) is 3.58. The summed E-state index contributed by atoms with van der Waals surface area (Å²) in [5.41, 5.74) is 3.24. The SMILES string of the molecule is O=C(CCNCCc1ccccc1)CNCCc1ccc(C2=NCCN2C(=O)O)cc1. The fraction of sp³-hybridized carbons (Fsp3) is 0.375. The highest BCUT2D eigenvalue weighted by Gasteiger charge is 2.23. The summed E-state index contributed by atoms with van der Waals surface area (Å²) in [6.07, 6.45) is 1.32. The molecule has 0 atom stereocenters. The van der Waals surface area contributed by atoms with Gasteiger partial charge in [0.2, 0.25) is 0 Å². The lowest BCUT2D eigenvalue weighted by Crippen LogP contribution is -2.33. The van der Waals surface area contributed by atoms with Crippen molar-refractivity contribution in [3.05, 3.63) is 71.3 Å². The van der Waals surface area contributed by atoms with Crippen molar-refractivity contribution in [2.75, 3.05) is 39.3 Å². The van der Waals surface area contributed by atoms with Gasteiger partial charge in [-0.3, -0.25) is 14.7 Å². The Bertz CT molecular complexity index is 881. The van der Waals surface area contributed by atoms with Crippen LogP contribution in [0.3, 0.4) is 0 Å². The zero-order chi connectivity index (χ0) is 21.9. The molecule has 0 fully saturated rings. The number of nitrogens with zero attached hydrogens (tertiary/aromatic N) is 2. The van der Waals surface area contributed by atoms with E-state index in [1.807, 2.05) is 42.5 Å². The largest absolute Gasteiger partial charge is 0.465 e. The van der Waals surface area contributed by atoms with Crippen LogP contribution >= 0.6 is 0 Å². The summed E-state index contributed by atoms with van der Waals surface area (Å²) < 4.78 is 0. The molecule has 164 valence electrons. The molecule has 3 N–H and O–H groups in total. The molecule has 2 aromatic carbocycles. The number of ketones is 1. The Morgan fingerprint density at radius 2 is 1.58 bits per heavy atom. The van der Waals surface area contributed by atoms with E-state index in [4.69, 9.17) is 0 Å². The van der Waals surface area contributed by atoms with Crippen molar-refractivity contribution in [2.45, 2.75) is 19.3 Å². The normalized spacial score (nSPS) is 13.3. The summed E-state index contributed by atoms with van der Waals surface area (Å²) in [4.78, 5) is 28.8. The summed E-state index contributed by atoms with van der Waals surface area (Å²) in [5, 5.41) is 15.7.